The zero-order valence-electron chi connectivity index (χ0n) is 15.1. The van der Waals surface area contributed by atoms with E-state index in [1.165, 1.54) is 0 Å². The normalized spacial score (nSPS) is 16.4. The Bertz CT molecular complexity index is 454. The predicted octanol–water partition coefficient (Wildman–Crippen LogP) is 1.72. The summed E-state index contributed by atoms with van der Waals surface area (Å²) in [7, 11) is 1.98. The van der Waals surface area contributed by atoms with E-state index < -0.39 is 0 Å². The summed E-state index contributed by atoms with van der Waals surface area (Å²) in [5, 5.41) is 4.24. The fraction of sp³-hybridized carbons (Fsp3) is 0.778. The molecule has 0 spiro atoms. The van der Waals surface area contributed by atoms with Crippen LogP contribution in [0.3, 0.4) is 0 Å². The van der Waals surface area contributed by atoms with Gasteiger partial charge in [-0.2, -0.15) is 5.10 Å². The van der Waals surface area contributed by atoms with E-state index in [1.54, 1.807) is 0 Å². The van der Waals surface area contributed by atoms with Gasteiger partial charge in [0.1, 0.15) is 0 Å². The topological polar surface area (TPSA) is 67.4 Å². The number of likely N-dealkylation sites (tertiary alicyclic amines) is 1. The molecule has 1 saturated heterocycles. The largest absolute Gasteiger partial charge is 0.343 e. The molecule has 0 unspecified atom stereocenters. The van der Waals surface area contributed by atoms with Gasteiger partial charge in [-0.1, -0.05) is 12.8 Å². The van der Waals surface area contributed by atoms with Gasteiger partial charge in [-0.05, 0) is 38.3 Å². The van der Waals surface area contributed by atoms with Crippen molar-refractivity contribution in [3.8, 4) is 0 Å². The fourth-order valence-electron chi connectivity index (χ4n) is 3.36. The van der Waals surface area contributed by atoms with Crippen LogP contribution in [0, 0.1) is 0 Å². The molecule has 1 fully saturated rings. The second-order valence-corrected chi connectivity index (χ2v) is 6.80. The first-order valence-corrected chi connectivity index (χ1v) is 9.36. The molecule has 0 aromatic carbocycles. The Hall–Kier alpha value is -1.40. The van der Waals surface area contributed by atoms with Crippen LogP contribution in [-0.4, -0.2) is 64.8 Å². The molecule has 6 heteroatoms. The van der Waals surface area contributed by atoms with Gasteiger partial charge in [0.15, 0.2) is 0 Å². The third-order valence-electron chi connectivity index (χ3n) is 5.05. The Morgan fingerprint density at radius 2 is 1.96 bits per heavy atom. The van der Waals surface area contributed by atoms with Crippen molar-refractivity contribution >= 4 is 5.91 Å². The van der Waals surface area contributed by atoms with Crippen molar-refractivity contribution in [3.63, 3.8) is 0 Å². The van der Waals surface area contributed by atoms with Gasteiger partial charge >= 0.3 is 0 Å². The lowest BCUT2D eigenvalue weighted by Crippen LogP contribution is -2.46. The highest BCUT2D eigenvalue weighted by Crippen LogP contribution is 2.17. The Balaban J connectivity index is 1.60. The minimum Gasteiger partial charge on any atom is -0.343 e. The molecule has 1 aliphatic rings. The van der Waals surface area contributed by atoms with E-state index in [9.17, 15) is 4.79 Å². The van der Waals surface area contributed by atoms with Crippen LogP contribution < -0.4 is 5.73 Å². The first-order chi connectivity index (χ1) is 11.7. The van der Waals surface area contributed by atoms with Crippen LogP contribution in [-0.2, 0) is 11.3 Å². The molecule has 2 heterocycles. The number of hydrogen-bond acceptors (Lipinski definition) is 4. The van der Waals surface area contributed by atoms with E-state index in [0.717, 1.165) is 71.2 Å². The molecule has 2 rings (SSSR count). The Labute approximate surface area is 146 Å². The van der Waals surface area contributed by atoms with Crippen molar-refractivity contribution in [2.75, 3.05) is 33.2 Å². The van der Waals surface area contributed by atoms with E-state index in [2.05, 4.69) is 10.00 Å². The molecular formula is C18H33N5O. The minimum atomic E-state index is 0.303. The van der Waals surface area contributed by atoms with Crippen LogP contribution in [0.15, 0.2) is 18.5 Å². The van der Waals surface area contributed by atoms with Crippen molar-refractivity contribution in [1.82, 2.24) is 19.6 Å². The molecule has 6 nitrogen and oxygen atoms in total. The highest BCUT2D eigenvalue weighted by atomic mass is 16.2. The van der Waals surface area contributed by atoms with Crippen LogP contribution in [0.25, 0.3) is 0 Å². The first-order valence-electron chi connectivity index (χ1n) is 9.36. The summed E-state index contributed by atoms with van der Waals surface area (Å²) in [5.74, 6) is 0.303. The van der Waals surface area contributed by atoms with E-state index in [-0.39, 0.29) is 0 Å². The van der Waals surface area contributed by atoms with Crippen LogP contribution in [0.1, 0.15) is 44.9 Å². The molecule has 1 aromatic rings. The summed E-state index contributed by atoms with van der Waals surface area (Å²) in [4.78, 5) is 16.8. The van der Waals surface area contributed by atoms with Gasteiger partial charge in [-0.15, -0.1) is 0 Å². The van der Waals surface area contributed by atoms with Crippen LogP contribution >= 0.6 is 0 Å². The number of hydrogen-bond donors (Lipinski definition) is 1. The van der Waals surface area contributed by atoms with Gasteiger partial charge in [-0.25, -0.2) is 0 Å². The molecule has 0 saturated carbocycles. The van der Waals surface area contributed by atoms with E-state index in [4.69, 9.17) is 5.73 Å². The molecule has 1 aliphatic heterocycles. The predicted molar refractivity (Wildman–Crippen MR) is 96.6 cm³/mol. The number of carbonyl (C=O) groups is 1. The Morgan fingerprint density at radius 3 is 2.62 bits per heavy atom. The summed E-state index contributed by atoms with van der Waals surface area (Å²) in [6, 6.07) is 2.37. The van der Waals surface area contributed by atoms with Crippen LogP contribution in [0.5, 0.6) is 0 Å². The molecule has 0 aliphatic carbocycles. The third kappa shape index (κ3) is 6.24. The van der Waals surface area contributed by atoms with Crippen molar-refractivity contribution in [3.05, 3.63) is 18.5 Å². The zero-order chi connectivity index (χ0) is 17.2. The molecule has 2 N–H and O–H groups in total. The lowest BCUT2D eigenvalue weighted by molar-refractivity contribution is -0.133. The summed E-state index contributed by atoms with van der Waals surface area (Å²) in [6.07, 6.45) is 11.0. The van der Waals surface area contributed by atoms with E-state index >= 15 is 0 Å². The van der Waals surface area contributed by atoms with Gasteiger partial charge in [0.05, 0.1) is 6.54 Å². The molecule has 0 bridgehead atoms. The summed E-state index contributed by atoms with van der Waals surface area (Å²) in [5.41, 5.74) is 5.49. The molecule has 0 atom stereocenters. The number of amides is 1. The fourth-order valence-corrected chi connectivity index (χ4v) is 3.36. The number of aromatic nitrogens is 2. The average Bonchev–Trinajstić information content (AvgIpc) is 3.13. The van der Waals surface area contributed by atoms with Crippen molar-refractivity contribution in [2.45, 2.75) is 57.5 Å². The Morgan fingerprint density at radius 1 is 1.21 bits per heavy atom. The maximum absolute atomic E-state index is 12.3. The summed E-state index contributed by atoms with van der Waals surface area (Å²) >= 11 is 0. The highest BCUT2D eigenvalue weighted by Gasteiger charge is 2.24. The van der Waals surface area contributed by atoms with Gasteiger partial charge in [-0.3, -0.25) is 9.48 Å². The van der Waals surface area contributed by atoms with Crippen molar-refractivity contribution < 1.29 is 4.79 Å². The highest BCUT2D eigenvalue weighted by molar-refractivity contribution is 5.76. The van der Waals surface area contributed by atoms with E-state index in [0.29, 0.717) is 18.4 Å². The molecule has 0 radical (unpaired) electrons. The lowest BCUT2D eigenvalue weighted by Gasteiger charge is -2.36. The second-order valence-electron chi connectivity index (χ2n) is 6.80. The quantitative estimate of drug-likeness (QED) is 0.661. The van der Waals surface area contributed by atoms with Crippen molar-refractivity contribution in [2.24, 2.45) is 5.73 Å². The van der Waals surface area contributed by atoms with Crippen LogP contribution in [0.4, 0.5) is 0 Å². The smallest absolute Gasteiger partial charge is 0.222 e. The van der Waals surface area contributed by atoms with E-state index in [1.807, 2.05) is 35.1 Å². The molecule has 1 aromatic heterocycles. The standard InChI is InChI=1S/C18H33N5O/c1-21(18(24)7-4-2-3-5-10-19)17-8-13-22(14-9-17)15-16-23-12-6-11-20-23/h6,11-12,17H,2-5,7-10,13-16,19H2,1H3. The maximum atomic E-state index is 12.3. The Kier molecular flexibility index (Phi) is 8.25. The van der Waals surface area contributed by atoms with Gasteiger partial charge < -0.3 is 15.5 Å². The maximum Gasteiger partial charge on any atom is 0.222 e. The minimum absolute atomic E-state index is 0.303. The number of carbonyl (C=O) groups excluding carboxylic acids is 1. The molecule has 1 amide bonds. The number of piperidine rings is 1. The molecular weight excluding hydrogens is 302 g/mol. The average molecular weight is 335 g/mol. The first kappa shape index (κ1) is 18.9. The van der Waals surface area contributed by atoms with Crippen molar-refractivity contribution in [1.29, 1.82) is 0 Å². The zero-order valence-corrected chi connectivity index (χ0v) is 15.1. The lowest BCUT2D eigenvalue weighted by atomic mass is 10.0. The number of nitrogens with zero attached hydrogens (tertiary/aromatic N) is 4. The van der Waals surface area contributed by atoms with Gasteiger partial charge in [0, 0.05) is 51.5 Å². The van der Waals surface area contributed by atoms with Gasteiger partial charge in [0.2, 0.25) is 5.91 Å². The third-order valence-corrected chi connectivity index (χ3v) is 5.05. The summed E-state index contributed by atoms with van der Waals surface area (Å²) in [6.45, 7) is 4.87. The second kappa shape index (κ2) is 10.5. The SMILES string of the molecule is CN(C(=O)CCCCCCN)C1CCN(CCn2cccn2)CC1. The molecule has 24 heavy (non-hydrogen) atoms. The molecule has 136 valence electrons. The number of unbranched alkanes of at least 4 members (excludes halogenated alkanes) is 3. The van der Waals surface area contributed by atoms with Crippen LogP contribution in [0.2, 0.25) is 0 Å². The number of rotatable bonds is 10. The van der Waals surface area contributed by atoms with Gasteiger partial charge in [0.25, 0.3) is 0 Å². The number of nitrogens with two attached hydrogens (primary N) is 1. The summed E-state index contributed by atoms with van der Waals surface area (Å²) < 4.78 is 1.98. The monoisotopic (exact) mass is 335 g/mol.